The molecule has 0 amide bonds. The van der Waals surface area contributed by atoms with E-state index < -0.39 is 97.5 Å². The number of hydrogen-bond acceptors (Lipinski definition) is 15. The maximum absolute atomic E-state index is 12.7. The van der Waals surface area contributed by atoms with Crippen LogP contribution in [0.4, 0.5) is 0 Å². The van der Waals surface area contributed by atoms with Gasteiger partial charge in [-0.2, -0.15) is 0 Å². The van der Waals surface area contributed by atoms with Gasteiger partial charge in [-0.05, 0) is 19.3 Å². The lowest BCUT2D eigenvalue weighted by Crippen LogP contribution is -2.30. The molecule has 0 aliphatic heterocycles. The maximum atomic E-state index is 12.7. The van der Waals surface area contributed by atoms with E-state index in [-0.39, 0.29) is 25.7 Å². The first-order valence-electron chi connectivity index (χ1n) is 23.3. The van der Waals surface area contributed by atoms with Crippen LogP contribution in [0.25, 0.3) is 0 Å². The predicted octanol–water partition coefficient (Wildman–Crippen LogP) is 9.75. The molecule has 0 saturated carbocycles. The number of unbranched alkanes of at least 4 members (excludes halogenated alkanes) is 19. The number of aliphatic hydroxyl groups is 1. The second-order valence-corrected chi connectivity index (χ2v) is 18.6. The average molecular weight is 933 g/mol. The molecule has 0 saturated heterocycles. The Bertz CT molecular complexity index is 1250. The summed E-state index contributed by atoms with van der Waals surface area (Å²) >= 11 is 0. The lowest BCUT2D eigenvalue weighted by molar-refractivity contribution is -0.161. The molecule has 62 heavy (non-hydrogen) atoms. The molecule has 0 radical (unpaired) electrons. The molecular formula is C43H82O17P2. The van der Waals surface area contributed by atoms with Crippen LogP contribution in [0.3, 0.4) is 0 Å². The van der Waals surface area contributed by atoms with Gasteiger partial charge in [0.25, 0.3) is 0 Å². The van der Waals surface area contributed by atoms with Crippen molar-refractivity contribution in [2.45, 2.75) is 213 Å². The van der Waals surface area contributed by atoms with E-state index in [9.17, 15) is 43.2 Å². The van der Waals surface area contributed by atoms with Crippen molar-refractivity contribution in [2.24, 2.45) is 0 Å². The van der Waals surface area contributed by atoms with Crippen LogP contribution in [0, 0.1) is 0 Å². The molecule has 0 spiro atoms. The van der Waals surface area contributed by atoms with Crippen LogP contribution in [0.5, 0.6) is 0 Å². The molecule has 0 aliphatic rings. The number of rotatable bonds is 44. The Morgan fingerprint density at radius 1 is 0.403 bits per heavy atom. The van der Waals surface area contributed by atoms with E-state index in [4.69, 9.17) is 37.0 Å². The summed E-state index contributed by atoms with van der Waals surface area (Å²) in [6.07, 6.45) is 19.4. The quantitative estimate of drug-likeness (QED) is 0.0223. The molecule has 2 unspecified atom stereocenters. The van der Waals surface area contributed by atoms with E-state index in [1.165, 1.54) is 70.6 Å². The van der Waals surface area contributed by atoms with E-state index in [1.54, 1.807) is 6.92 Å². The van der Waals surface area contributed by atoms with Crippen LogP contribution in [0.2, 0.25) is 0 Å². The van der Waals surface area contributed by atoms with Gasteiger partial charge < -0.3 is 33.8 Å². The van der Waals surface area contributed by atoms with Gasteiger partial charge in [0, 0.05) is 25.7 Å². The number of hydrogen-bond donors (Lipinski definition) is 3. The molecule has 0 bridgehead atoms. The normalized spacial score (nSPS) is 14.9. The van der Waals surface area contributed by atoms with Gasteiger partial charge in [0.05, 0.1) is 26.4 Å². The van der Waals surface area contributed by atoms with Gasteiger partial charge in [-0.15, -0.1) is 0 Å². The lowest BCUT2D eigenvalue weighted by Gasteiger charge is -2.21. The first kappa shape index (κ1) is 60.1. The molecule has 0 heterocycles. The van der Waals surface area contributed by atoms with E-state index in [0.29, 0.717) is 19.3 Å². The molecule has 0 aromatic rings. The topological polar surface area (TPSA) is 237 Å². The summed E-state index contributed by atoms with van der Waals surface area (Å²) in [4.78, 5) is 69.3. The minimum Gasteiger partial charge on any atom is -0.462 e. The summed E-state index contributed by atoms with van der Waals surface area (Å²) in [5.74, 6) is -2.30. The Balaban J connectivity index is 5.00. The van der Waals surface area contributed by atoms with Gasteiger partial charge in [0.2, 0.25) is 0 Å². The van der Waals surface area contributed by atoms with Crippen molar-refractivity contribution in [1.82, 2.24) is 0 Å². The van der Waals surface area contributed by atoms with Crippen molar-refractivity contribution in [3.63, 3.8) is 0 Å². The van der Waals surface area contributed by atoms with Crippen molar-refractivity contribution in [1.29, 1.82) is 0 Å². The van der Waals surface area contributed by atoms with Gasteiger partial charge in [0.1, 0.15) is 19.3 Å². The third-order valence-corrected chi connectivity index (χ3v) is 11.6. The standard InChI is InChI=1S/C43H82O17P2/c1-5-9-12-14-16-18-20-22-24-26-29-41(46)54-34-39(60-43(48)30-27-25-23-21-19-17-15-13-10-6-2)36-58-62(51,52)56-32-37(44)31-55-61(49,50)57-35-38(33-53-40(45)8-4)59-42(47)28-11-7-3/h37-39,44H,5-36H2,1-4H3,(H,49,50)(H,51,52)/t37-,38+,39+/m0/s1. The van der Waals surface area contributed by atoms with Crippen LogP contribution in [-0.4, -0.2) is 96.7 Å². The Morgan fingerprint density at radius 2 is 0.710 bits per heavy atom. The highest BCUT2D eigenvalue weighted by Crippen LogP contribution is 2.45. The third-order valence-electron chi connectivity index (χ3n) is 9.66. The Labute approximate surface area is 371 Å². The van der Waals surface area contributed by atoms with E-state index >= 15 is 0 Å². The molecule has 0 fully saturated rings. The van der Waals surface area contributed by atoms with Crippen molar-refractivity contribution >= 4 is 39.5 Å². The molecule has 0 rings (SSSR count). The first-order chi connectivity index (χ1) is 29.7. The van der Waals surface area contributed by atoms with Gasteiger partial charge >= 0.3 is 39.5 Å². The summed E-state index contributed by atoms with van der Waals surface area (Å²) < 4.78 is 65.6. The first-order valence-corrected chi connectivity index (χ1v) is 26.3. The minimum absolute atomic E-state index is 0.0488. The maximum Gasteiger partial charge on any atom is 0.472 e. The summed E-state index contributed by atoms with van der Waals surface area (Å²) in [7, 11) is -9.79. The molecule has 366 valence electrons. The fourth-order valence-electron chi connectivity index (χ4n) is 5.94. The molecule has 0 aromatic heterocycles. The van der Waals surface area contributed by atoms with Gasteiger partial charge in [-0.25, -0.2) is 9.13 Å². The third kappa shape index (κ3) is 38.5. The molecular weight excluding hydrogens is 850 g/mol. The number of ether oxygens (including phenoxy) is 4. The van der Waals surface area contributed by atoms with Gasteiger partial charge in [-0.3, -0.25) is 37.3 Å². The Morgan fingerprint density at radius 3 is 1.08 bits per heavy atom. The zero-order chi connectivity index (χ0) is 46.3. The van der Waals surface area contributed by atoms with Gasteiger partial charge in [0.15, 0.2) is 12.2 Å². The van der Waals surface area contributed by atoms with Crippen molar-refractivity contribution in [2.75, 3.05) is 39.6 Å². The smallest absolute Gasteiger partial charge is 0.462 e. The average Bonchev–Trinajstić information content (AvgIpc) is 3.24. The highest BCUT2D eigenvalue weighted by Gasteiger charge is 2.30. The highest BCUT2D eigenvalue weighted by atomic mass is 31.2. The molecule has 17 nitrogen and oxygen atoms in total. The van der Waals surface area contributed by atoms with E-state index in [2.05, 4.69) is 13.8 Å². The summed E-state index contributed by atoms with van der Waals surface area (Å²) in [6, 6.07) is 0. The number of aliphatic hydroxyl groups excluding tert-OH is 1. The molecule has 3 N–H and O–H groups in total. The SMILES string of the molecule is CCCCCCCCCCCCC(=O)OC[C@H](COP(=O)(O)OC[C@@H](O)COP(=O)(O)OC[C@@H](COC(=O)CC)OC(=O)CCCC)OC(=O)CCCCCCCCCCCC. The molecule has 0 aromatic carbocycles. The summed E-state index contributed by atoms with van der Waals surface area (Å²) in [5.41, 5.74) is 0. The zero-order valence-electron chi connectivity index (χ0n) is 38.3. The van der Waals surface area contributed by atoms with Gasteiger partial charge in [-0.1, -0.05) is 150 Å². The molecule has 19 heteroatoms. The summed E-state index contributed by atoms with van der Waals surface area (Å²) in [6.45, 7) is 3.81. The van der Waals surface area contributed by atoms with E-state index in [0.717, 1.165) is 51.4 Å². The van der Waals surface area contributed by atoms with Crippen molar-refractivity contribution < 1.29 is 80.2 Å². The second kappa shape index (κ2) is 39.4. The molecule has 5 atom stereocenters. The zero-order valence-corrected chi connectivity index (χ0v) is 40.1. The number of phosphoric acid groups is 2. The molecule has 0 aliphatic carbocycles. The number of carbonyl (C=O) groups excluding carboxylic acids is 4. The van der Waals surface area contributed by atoms with Crippen LogP contribution < -0.4 is 0 Å². The van der Waals surface area contributed by atoms with Crippen LogP contribution in [0.1, 0.15) is 195 Å². The Kier molecular flexibility index (Phi) is 38.2. The van der Waals surface area contributed by atoms with E-state index in [1.807, 2.05) is 6.92 Å². The van der Waals surface area contributed by atoms with Crippen molar-refractivity contribution in [3.05, 3.63) is 0 Å². The lowest BCUT2D eigenvalue weighted by atomic mass is 10.1. The number of esters is 4. The number of phosphoric ester groups is 2. The Hall–Kier alpha value is -1.94. The fraction of sp³-hybridized carbons (Fsp3) is 0.907. The highest BCUT2D eigenvalue weighted by molar-refractivity contribution is 7.47. The monoisotopic (exact) mass is 933 g/mol. The summed E-state index contributed by atoms with van der Waals surface area (Å²) in [5, 5.41) is 10.3. The van der Waals surface area contributed by atoms with Crippen molar-refractivity contribution in [3.8, 4) is 0 Å². The minimum atomic E-state index is -4.91. The van der Waals surface area contributed by atoms with Crippen LogP contribution in [-0.2, 0) is 65.4 Å². The number of carbonyl (C=O) groups is 4. The van der Waals surface area contributed by atoms with Crippen LogP contribution in [0.15, 0.2) is 0 Å². The predicted molar refractivity (Wildman–Crippen MR) is 234 cm³/mol. The fourth-order valence-corrected chi connectivity index (χ4v) is 7.52. The second-order valence-electron chi connectivity index (χ2n) is 15.7. The largest absolute Gasteiger partial charge is 0.472 e. The van der Waals surface area contributed by atoms with Crippen LogP contribution >= 0.6 is 15.6 Å².